The molecule has 1 heterocycles. The zero-order valence-corrected chi connectivity index (χ0v) is 14.4. The molecule has 5 heteroatoms. The highest BCUT2D eigenvalue weighted by Gasteiger charge is 2.35. The fourth-order valence-electron chi connectivity index (χ4n) is 3.36. The van der Waals surface area contributed by atoms with Crippen LogP contribution in [-0.2, 0) is 6.42 Å². The Morgan fingerprint density at radius 2 is 2.12 bits per heavy atom. The fraction of sp³-hybridized carbons (Fsp3) is 0.421. The van der Waals surface area contributed by atoms with Crippen molar-refractivity contribution in [2.45, 2.75) is 39.7 Å². The van der Waals surface area contributed by atoms with Crippen LogP contribution in [0.4, 0.5) is 4.39 Å². The molecule has 1 aliphatic rings. The second-order valence-electron chi connectivity index (χ2n) is 7.16. The van der Waals surface area contributed by atoms with Crippen molar-refractivity contribution < 1.29 is 18.3 Å². The van der Waals surface area contributed by atoms with Gasteiger partial charge in [0.05, 0.1) is 13.2 Å². The first-order chi connectivity index (χ1) is 11.3. The van der Waals surface area contributed by atoms with Gasteiger partial charge in [-0.05, 0) is 43.0 Å². The maximum Gasteiger partial charge on any atom is 0.251 e. The van der Waals surface area contributed by atoms with Crippen LogP contribution in [0.5, 0.6) is 5.75 Å². The Labute approximate surface area is 141 Å². The number of hydrogen-bond acceptors (Lipinski definition) is 3. The Balaban J connectivity index is 1.85. The topological polar surface area (TPSA) is 51.5 Å². The molecule has 1 N–H and O–H groups in total. The lowest BCUT2D eigenvalue weighted by molar-refractivity contribution is 0.0917. The Morgan fingerprint density at radius 1 is 1.38 bits per heavy atom. The number of rotatable bonds is 3. The maximum absolute atomic E-state index is 13.8. The molecule has 0 saturated carbocycles. The minimum Gasteiger partial charge on any atom is -0.494 e. The quantitative estimate of drug-likeness (QED) is 0.918. The van der Waals surface area contributed by atoms with E-state index in [9.17, 15) is 9.18 Å². The molecule has 0 aliphatic heterocycles. The van der Waals surface area contributed by atoms with Crippen molar-refractivity contribution in [1.82, 2.24) is 5.32 Å². The van der Waals surface area contributed by atoms with Crippen molar-refractivity contribution in [3.05, 3.63) is 52.7 Å². The van der Waals surface area contributed by atoms with Gasteiger partial charge in [0.15, 0.2) is 11.6 Å². The van der Waals surface area contributed by atoms with Gasteiger partial charge >= 0.3 is 0 Å². The van der Waals surface area contributed by atoms with Crippen LogP contribution in [0.1, 0.15) is 53.8 Å². The van der Waals surface area contributed by atoms with Crippen molar-refractivity contribution in [2.24, 2.45) is 5.41 Å². The molecule has 0 spiro atoms. The van der Waals surface area contributed by atoms with E-state index < -0.39 is 5.82 Å². The molecule has 128 valence electrons. The molecule has 1 aromatic carbocycles. The van der Waals surface area contributed by atoms with Crippen LogP contribution in [0.15, 0.2) is 28.7 Å². The number of carbonyl (C=O) groups is 1. The van der Waals surface area contributed by atoms with Gasteiger partial charge in [-0.25, -0.2) is 4.39 Å². The molecule has 3 rings (SSSR count). The normalized spacial score (nSPS) is 18.8. The van der Waals surface area contributed by atoms with Gasteiger partial charge in [-0.3, -0.25) is 4.79 Å². The predicted molar refractivity (Wildman–Crippen MR) is 88.7 cm³/mol. The van der Waals surface area contributed by atoms with Gasteiger partial charge in [0.1, 0.15) is 11.5 Å². The van der Waals surface area contributed by atoms with E-state index >= 15 is 0 Å². The van der Waals surface area contributed by atoms with Crippen LogP contribution in [0.3, 0.4) is 0 Å². The smallest absolute Gasteiger partial charge is 0.251 e. The summed E-state index contributed by atoms with van der Waals surface area (Å²) in [5, 5.41) is 3.02. The molecule has 0 unspecified atom stereocenters. The van der Waals surface area contributed by atoms with E-state index in [1.807, 2.05) is 13.0 Å². The summed E-state index contributed by atoms with van der Waals surface area (Å²) < 4.78 is 24.5. The first-order valence-electron chi connectivity index (χ1n) is 8.03. The molecule has 0 radical (unpaired) electrons. The monoisotopic (exact) mass is 331 g/mol. The number of halogens is 1. The molecule has 1 atom stereocenters. The molecule has 24 heavy (non-hydrogen) atoms. The first kappa shape index (κ1) is 16.6. The second kappa shape index (κ2) is 5.96. The Bertz CT molecular complexity index is 779. The van der Waals surface area contributed by atoms with E-state index in [0.717, 1.165) is 29.9 Å². The van der Waals surface area contributed by atoms with E-state index in [0.29, 0.717) is 0 Å². The molecule has 0 saturated heterocycles. The minimum absolute atomic E-state index is 0.0282. The van der Waals surface area contributed by atoms with Crippen molar-refractivity contribution in [2.75, 3.05) is 7.11 Å². The first-order valence-corrected chi connectivity index (χ1v) is 8.03. The van der Waals surface area contributed by atoms with Crippen molar-refractivity contribution in [1.29, 1.82) is 0 Å². The number of carbonyl (C=O) groups excluding carboxylic acids is 1. The minimum atomic E-state index is -0.547. The number of benzene rings is 1. The number of methoxy groups -OCH3 is 1. The molecule has 0 bridgehead atoms. The number of aryl methyl sites for hydroxylation is 1. The highest BCUT2D eigenvalue weighted by molar-refractivity contribution is 5.94. The van der Waals surface area contributed by atoms with E-state index in [4.69, 9.17) is 9.15 Å². The van der Waals surface area contributed by atoms with Crippen LogP contribution in [-0.4, -0.2) is 13.0 Å². The number of fused-ring (bicyclic) bond motifs is 1. The summed E-state index contributed by atoms with van der Waals surface area (Å²) in [6.07, 6.45) is 1.66. The summed E-state index contributed by atoms with van der Waals surface area (Å²) in [5.74, 6) is 1.04. The summed E-state index contributed by atoms with van der Waals surface area (Å²) in [6, 6.07) is 6.06. The molecular formula is C19H22FNO3. The lowest BCUT2D eigenvalue weighted by atomic mass is 9.74. The SMILES string of the molecule is COc1ccc(C(=O)N[C@@H]2CC(C)(C)Cc3oc(C)cc32)cc1F. The summed E-state index contributed by atoms with van der Waals surface area (Å²) >= 11 is 0. The highest BCUT2D eigenvalue weighted by Crippen LogP contribution is 2.42. The number of amides is 1. The number of hydrogen-bond donors (Lipinski definition) is 1. The third-order valence-corrected chi connectivity index (χ3v) is 4.46. The highest BCUT2D eigenvalue weighted by atomic mass is 19.1. The fourth-order valence-corrected chi connectivity index (χ4v) is 3.36. The van der Waals surface area contributed by atoms with Gasteiger partial charge in [-0.2, -0.15) is 0 Å². The zero-order chi connectivity index (χ0) is 17.5. The predicted octanol–water partition coefficient (Wildman–Crippen LogP) is 4.18. The van der Waals surface area contributed by atoms with Crippen molar-refractivity contribution in [3.8, 4) is 5.75 Å². The molecular weight excluding hydrogens is 309 g/mol. The van der Waals surface area contributed by atoms with Crippen LogP contribution < -0.4 is 10.1 Å². The van der Waals surface area contributed by atoms with Gasteiger partial charge < -0.3 is 14.5 Å². The molecule has 0 fully saturated rings. The Hall–Kier alpha value is -2.30. The van der Waals surface area contributed by atoms with Crippen LogP contribution in [0.2, 0.25) is 0 Å². The van der Waals surface area contributed by atoms with Crippen molar-refractivity contribution in [3.63, 3.8) is 0 Å². The summed E-state index contributed by atoms with van der Waals surface area (Å²) in [4.78, 5) is 12.5. The zero-order valence-electron chi connectivity index (χ0n) is 14.4. The van der Waals surface area contributed by atoms with E-state index in [-0.39, 0.29) is 28.7 Å². The third kappa shape index (κ3) is 3.16. The Morgan fingerprint density at radius 3 is 2.79 bits per heavy atom. The average Bonchev–Trinajstić information content (AvgIpc) is 2.86. The second-order valence-corrected chi connectivity index (χ2v) is 7.16. The number of nitrogens with one attached hydrogen (secondary N) is 1. The van der Waals surface area contributed by atoms with E-state index in [2.05, 4.69) is 19.2 Å². The average molecular weight is 331 g/mol. The largest absolute Gasteiger partial charge is 0.494 e. The third-order valence-electron chi connectivity index (χ3n) is 4.46. The lowest BCUT2D eigenvalue weighted by Gasteiger charge is -2.34. The van der Waals surface area contributed by atoms with Gasteiger partial charge in [-0.1, -0.05) is 13.8 Å². The maximum atomic E-state index is 13.8. The number of furan rings is 1. The summed E-state index contributed by atoms with van der Waals surface area (Å²) in [6.45, 7) is 6.21. The van der Waals surface area contributed by atoms with Crippen LogP contribution in [0.25, 0.3) is 0 Å². The van der Waals surface area contributed by atoms with E-state index in [1.165, 1.54) is 19.2 Å². The van der Waals surface area contributed by atoms with Gasteiger partial charge in [-0.15, -0.1) is 0 Å². The van der Waals surface area contributed by atoms with Gasteiger partial charge in [0.2, 0.25) is 0 Å². The lowest BCUT2D eigenvalue weighted by Crippen LogP contribution is -2.36. The van der Waals surface area contributed by atoms with Gasteiger partial charge in [0, 0.05) is 17.5 Å². The van der Waals surface area contributed by atoms with Gasteiger partial charge in [0.25, 0.3) is 5.91 Å². The summed E-state index contributed by atoms with van der Waals surface area (Å²) in [5.41, 5.74) is 1.33. The molecule has 1 aliphatic carbocycles. The van der Waals surface area contributed by atoms with Crippen LogP contribution >= 0.6 is 0 Å². The molecule has 1 aromatic heterocycles. The molecule has 4 nitrogen and oxygen atoms in total. The molecule has 2 aromatic rings. The van der Waals surface area contributed by atoms with E-state index in [1.54, 1.807) is 6.07 Å². The molecule has 1 amide bonds. The standard InChI is InChI=1S/C19H22FNO3/c1-11-7-13-15(9-19(2,3)10-17(13)24-11)21-18(22)12-5-6-16(23-4)14(20)8-12/h5-8,15H,9-10H2,1-4H3,(H,21,22)/t15-/m1/s1. The van der Waals surface area contributed by atoms with Crippen LogP contribution in [0, 0.1) is 18.2 Å². The Kier molecular flexibility index (Phi) is 4.11. The van der Waals surface area contributed by atoms with Crippen molar-refractivity contribution >= 4 is 5.91 Å². The summed E-state index contributed by atoms with van der Waals surface area (Å²) in [7, 11) is 1.39. The number of ether oxygens (including phenoxy) is 1.